The van der Waals surface area contributed by atoms with Gasteiger partial charge in [-0.15, -0.1) is 5.10 Å². The van der Waals surface area contributed by atoms with E-state index in [4.69, 9.17) is 11.6 Å². The number of nitrogens with zero attached hydrogens (tertiary/aromatic N) is 2. The number of benzene rings is 2. The van der Waals surface area contributed by atoms with Crippen LogP contribution in [0.15, 0.2) is 36.4 Å². The zero-order valence-electron chi connectivity index (χ0n) is 14.2. The largest absolute Gasteiger partial charge is 0.258 e. The van der Waals surface area contributed by atoms with Crippen LogP contribution in [-0.2, 0) is 6.42 Å². The highest BCUT2D eigenvalue weighted by molar-refractivity contribution is 6.33. The van der Waals surface area contributed by atoms with Gasteiger partial charge in [-0.3, -0.25) is 5.10 Å². The first-order valence-electron chi connectivity index (χ1n) is 8.88. The van der Waals surface area contributed by atoms with E-state index in [0.29, 0.717) is 0 Å². The molecule has 0 saturated carbocycles. The van der Waals surface area contributed by atoms with Crippen molar-refractivity contribution in [2.75, 3.05) is 0 Å². The van der Waals surface area contributed by atoms with Gasteiger partial charge in [0.2, 0.25) is 0 Å². The van der Waals surface area contributed by atoms with E-state index in [-0.39, 0.29) is 0 Å². The molecule has 0 spiro atoms. The molecule has 24 heavy (non-hydrogen) atoms. The van der Waals surface area contributed by atoms with Gasteiger partial charge in [0.25, 0.3) is 0 Å². The third-order valence-electron chi connectivity index (χ3n) is 4.50. The summed E-state index contributed by atoms with van der Waals surface area (Å²) < 4.78 is 0. The number of halogens is 1. The predicted molar refractivity (Wildman–Crippen MR) is 101 cm³/mol. The molecule has 3 rings (SSSR count). The van der Waals surface area contributed by atoms with Crippen molar-refractivity contribution in [1.82, 2.24) is 15.4 Å². The highest BCUT2D eigenvalue weighted by Gasteiger charge is 2.11. The zero-order valence-corrected chi connectivity index (χ0v) is 14.9. The normalized spacial score (nSPS) is 11.2. The van der Waals surface area contributed by atoms with E-state index < -0.39 is 0 Å². The number of hydrogen-bond donors (Lipinski definition) is 1. The second kappa shape index (κ2) is 8.29. The van der Waals surface area contributed by atoms with E-state index >= 15 is 0 Å². The Hall–Kier alpha value is -1.87. The van der Waals surface area contributed by atoms with Crippen LogP contribution in [0.25, 0.3) is 22.2 Å². The summed E-state index contributed by atoms with van der Waals surface area (Å²) in [5.41, 5.74) is 5.22. The smallest absolute Gasteiger partial charge is 0.120 e. The number of unbranched alkanes of at least 4 members (excludes halogenated alkanes) is 5. The van der Waals surface area contributed by atoms with E-state index in [1.165, 1.54) is 44.1 Å². The molecule has 1 aromatic heterocycles. The van der Waals surface area contributed by atoms with Crippen molar-refractivity contribution >= 4 is 22.6 Å². The average Bonchev–Trinajstić information content (AvgIpc) is 3.08. The lowest BCUT2D eigenvalue weighted by molar-refractivity contribution is 0.607. The van der Waals surface area contributed by atoms with Crippen molar-refractivity contribution in [3.8, 4) is 11.1 Å². The second-order valence-electron chi connectivity index (χ2n) is 6.35. The van der Waals surface area contributed by atoms with Gasteiger partial charge in [-0.05, 0) is 36.6 Å². The molecule has 3 nitrogen and oxygen atoms in total. The average molecular weight is 342 g/mol. The number of rotatable bonds is 8. The van der Waals surface area contributed by atoms with Gasteiger partial charge >= 0.3 is 0 Å². The number of aromatic nitrogens is 3. The molecule has 0 unspecified atom stereocenters. The summed E-state index contributed by atoms with van der Waals surface area (Å²) >= 11 is 6.46. The Morgan fingerprint density at radius 3 is 2.67 bits per heavy atom. The molecule has 0 aliphatic carbocycles. The van der Waals surface area contributed by atoms with Gasteiger partial charge in [0.05, 0.1) is 5.52 Å². The number of fused-ring (bicyclic) bond motifs is 1. The van der Waals surface area contributed by atoms with E-state index in [0.717, 1.165) is 33.6 Å². The van der Waals surface area contributed by atoms with E-state index in [1.54, 1.807) is 0 Å². The molecule has 0 fully saturated rings. The molecule has 126 valence electrons. The molecule has 3 aromatic rings. The van der Waals surface area contributed by atoms with Crippen molar-refractivity contribution in [1.29, 1.82) is 0 Å². The van der Waals surface area contributed by atoms with Crippen LogP contribution in [0, 0.1) is 0 Å². The Labute approximate surface area is 148 Å². The highest BCUT2D eigenvalue weighted by atomic mass is 35.5. The van der Waals surface area contributed by atoms with Gasteiger partial charge in [-0.1, -0.05) is 74.0 Å². The number of aromatic amines is 1. The van der Waals surface area contributed by atoms with Crippen LogP contribution < -0.4 is 0 Å². The van der Waals surface area contributed by atoms with Gasteiger partial charge in [-0.2, -0.15) is 0 Å². The van der Waals surface area contributed by atoms with Crippen LogP contribution >= 0.6 is 11.6 Å². The van der Waals surface area contributed by atoms with Gasteiger partial charge in [0, 0.05) is 16.1 Å². The predicted octanol–water partition coefficient (Wildman–Crippen LogP) is 6.18. The molecule has 1 N–H and O–H groups in total. The lowest BCUT2D eigenvalue weighted by Gasteiger charge is -2.09. The Balaban J connectivity index is 1.74. The molecule has 4 heteroatoms. The maximum Gasteiger partial charge on any atom is 0.120 e. The minimum atomic E-state index is 0.761. The lowest BCUT2D eigenvalue weighted by Crippen LogP contribution is -1.89. The molecule has 0 radical (unpaired) electrons. The summed E-state index contributed by atoms with van der Waals surface area (Å²) in [5, 5.41) is 11.8. The van der Waals surface area contributed by atoms with E-state index in [9.17, 15) is 0 Å². The third-order valence-corrected chi connectivity index (χ3v) is 4.83. The van der Waals surface area contributed by atoms with Gasteiger partial charge in [0.15, 0.2) is 0 Å². The van der Waals surface area contributed by atoms with Crippen molar-refractivity contribution in [3.05, 3.63) is 47.0 Å². The minimum Gasteiger partial charge on any atom is -0.258 e. The summed E-state index contributed by atoms with van der Waals surface area (Å²) in [6.07, 6.45) is 8.99. The summed E-state index contributed by atoms with van der Waals surface area (Å²) in [5.74, 6) is 0. The topological polar surface area (TPSA) is 41.6 Å². The van der Waals surface area contributed by atoms with Crippen LogP contribution in [0.5, 0.6) is 0 Å². The number of hydrogen-bond acceptors (Lipinski definition) is 2. The first-order valence-corrected chi connectivity index (χ1v) is 9.26. The molecule has 1 heterocycles. The molecule has 0 bridgehead atoms. The van der Waals surface area contributed by atoms with Crippen LogP contribution in [0.1, 0.15) is 51.0 Å². The third kappa shape index (κ3) is 3.96. The van der Waals surface area contributed by atoms with E-state index in [2.05, 4.69) is 40.5 Å². The molecule has 0 aliphatic rings. The quantitative estimate of drug-likeness (QED) is 0.497. The fourth-order valence-corrected chi connectivity index (χ4v) is 3.35. The Morgan fingerprint density at radius 2 is 1.79 bits per heavy atom. The summed E-state index contributed by atoms with van der Waals surface area (Å²) in [6, 6.07) is 12.4. The molecule has 0 aliphatic heterocycles. The van der Waals surface area contributed by atoms with Crippen molar-refractivity contribution in [2.45, 2.75) is 51.9 Å². The second-order valence-corrected chi connectivity index (χ2v) is 6.75. The van der Waals surface area contributed by atoms with Crippen molar-refractivity contribution < 1.29 is 0 Å². The zero-order chi connectivity index (χ0) is 16.8. The molecular formula is C20H24ClN3. The van der Waals surface area contributed by atoms with Crippen LogP contribution in [0.2, 0.25) is 5.02 Å². The fourth-order valence-electron chi connectivity index (χ4n) is 3.13. The number of nitrogens with one attached hydrogen (secondary N) is 1. The van der Waals surface area contributed by atoms with Crippen LogP contribution in [0.3, 0.4) is 0 Å². The lowest BCUT2D eigenvalue weighted by atomic mass is 9.98. The maximum absolute atomic E-state index is 6.46. The number of aryl methyl sites for hydroxylation is 1. The summed E-state index contributed by atoms with van der Waals surface area (Å²) in [6.45, 7) is 2.25. The molecule has 0 atom stereocenters. The van der Waals surface area contributed by atoms with E-state index in [1.807, 2.05) is 18.2 Å². The van der Waals surface area contributed by atoms with Crippen molar-refractivity contribution in [3.63, 3.8) is 0 Å². The Morgan fingerprint density at radius 1 is 0.958 bits per heavy atom. The molecule has 2 aromatic carbocycles. The Kier molecular flexibility index (Phi) is 5.86. The summed E-state index contributed by atoms with van der Waals surface area (Å²) in [7, 11) is 0. The highest BCUT2D eigenvalue weighted by Crippen LogP contribution is 2.33. The van der Waals surface area contributed by atoms with Crippen LogP contribution in [-0.4, -0.2) is 15.4 Å². The first-order chi connectivity index (χ1) is 11.8. The van der Waals surface area contributed by atoms with Crippen molar-refractivity contribution in [2.24, 2.45) is 0 Å². The Bertz CT molecular complexity index is 794. The first kappa shape index (κ1) is 17.0. The molecule has 0 amide bonds. The van der Waals surface area contributed by atoms with Gasteiger partial charge in [0.1, 0.15) is 5.52 Å². The van der Waals surface area contributed by atoms with Crippen LogP contribution in [0.4, 0.5) is 0 Å². The SMILES string of the molecule is CCCCCCCCc1ccc(Cl)c(-c2cccc3[nH]nnc23)c1. The van der Waals surface area contributed by atoms with Gasteiger partial charge in [-0.25, -0.2) is 0 Å². The number of H-pyrrole nitrogens is 1. The van der Waals surface area contributed by atoms with Gasteiger partial charge < -0.3 is 0 Å². The molecular weight excluding hydrogens is 318 g/mol. The monoisotopic (exact) mass is 341 g/mol. The minimum absolute atomic E-state index is 0.761. The molecule has 0 saturated heterocycles. The summed E-state index contributed by atoms with van der Waals surface area (Å²) in [4.78, 5) is 0. The fraction of sp³-hybridized carbons (Fsp3) is 0.400. The standard InChI is InChI=1S/C20H24ClN3/c1-2-3-4-5-6-7-9-15-12-13-18(21)17(14-15)16-10-8-11-19-20(16)23-24-22-19/h8,10-14H,2-7,9H2,1H3,(H,22,23,24). The maximum atomic E-state index is 6.46.